The van der Waals surface area contributed by atoms with Crippen LogP contribution < -0.4 is 0 Å². The van der Waals surface area contributed by atoms with Gasteiger partial charge in [-0.15, -0.1) is 0 Å². The van der Waals surface area contributed by atoms with Crippen LogP contribution in [0.2, 0.25) is 0 Å². The van der Waals surface area contributed by atoms with Crippen molar-refractivity contribution in [2.24, 2.45) is 0 Å². The molecule has 0 spiro atoms. The van der Waals surface area contributed by atoms with Crippen molar-refractivity contribution in [3.05, 3.63) is 34.3 Å². The number of Topliss-reactive ketones (excluding diaryl/α,β-unsaturated/α-hetero) is 1. The molecule has 1 heterocycles. The first-order valence-corrected chi connectivity index (χ1v) is 8.38. The minimum Gasteiger partial charge on any atom is -0.377 e. The second kappa shape index (κ2) is 7.52. The standard InChI is InChI=1S/C17H24BrNO2/c1-17(21-2)10-4-12-19(13-17)11-3-5-16(20)14-6-8-15(18)9-7-14/h6-9H,3-5,10-13H2,1-2H3. The second-order valence-electron chi connectivity index (χ2n) is 6.07. The third kappa shape index (κ3) is 4.90. The molecule has 1 aliphatic heterocycles. The third-order valence-corrected chi connectivity index (χ3v) is 4.80. The summed E-state index contributed by atoms with van der Waals surface area (Å²) < 4.78 is 6.61. The van der Waals surface area contributed by atoms with Gasteiger partial charge < -0.3 is 9.64 Å². The molecule has 0 amide bonds. The van der Waals surface area contributed by atoms with E-state index >= 15 is 0 Å². The van der Waals surface area contributed by atoms with E-state index in [1.54, 1.807) is 7.11 Å². The lowest BCUT2D eigenvalue weighted by molar-refractivity contribution is -0.0507. The van der Waals surface area contributed by atoms with E-state index in [1.165, 1.54) is 6.42 Å². The van der Waals surface area contributed by atoms with Crippen LogP contribution in [0.25, 0.3) is 0 Å². The number of carbonyl (C=O) groups is 1. The van der Waals surface area contributed by atoms with Gasteiger partial charge in [-0.2, -0.15) is 0 Å². The number of rotatable bonds is 6. The zero-order valence-corrected chi connectivity index (χ0v) is 14.5. The summed E-state index contributed by atoms with van der Waals surface area (Å²) >= 11 is 3.39. The molecule has 2 rings (SSSR count). The first-order valence-electron chi connectivity index (χ1n) is 7.59. The van der Waals surface area contributed by atoms with Crippen molar-refractivity contribution >= 4 is 21.7 Å². The van der Waals surface area contributed by atoms with E-state index in [4.69, 9.17) is 4.74 Å². The minimum atomic E-state index is -0.0199. The molecule has 116 valence electrons. The van der Waals surface area contributed by atoms with E-state index in [9.17, 15) is 4.79 Å². The predicted molar refractivity (Wildman–Crippen MR) is 88.8 cm³/mol. The number of hydrogen-bond donors (Lipinski definition) is 0. The summed E-state index contributed by atoms with van der Waals surface area (Å²) in [7, 11) is 1.79. The zero-order chi connectivity index (χ0) is 15.3. The molecule has 4 heteroatoms. The number of benzene rings is 1. The van der Waals surface area contributed by atoms with Crippen LogP contribution in [0, 0.1) is 0 Å². The Hall–Kier alpha value is -0.710. The number of nitrogens with zero attached hydrogens (tertiary/aromatic N) is 1. The van der Waals surface area contributed by atoms with E-state index < -0.39 is 0 Å². The van der Waals surface area contributed by atoms with Gasteiger partial charge >= 0.3 is 0 Å². The van der Waals surface area contributed by atoms with Crippen molar-refractivity contribution in [2.45, 2.75) is 38.2 Å². The Morgan fingerprint density at radius 1 is 1.38 bits per heavy atom. The summed E-state index contributed by atoms with van der Waals surface area (Å²) in [4.78, 5) is 14.5. The molecule has 1 atom stereocenters. The summed E-state index contributed by atoms with van der Waals surface area (Å²) in [5.41, 5.74) is 0.784. The highest BCUT2D eigenvalue weighted by atomic mass is 79.9. The quantitative estimate of drug-likeness (QED) is 0.726. The fourth-order valence-electron chi connectivity index (χ4n) is 2.91. The first-order chi connectivity index (χ1) is 10.0. The predicted octanol–water partition coefficient (Wildman–Crippen LogP) is 3.91. The van der Waals surface area contributed by atoms with Crippen LogP contribution in [0.1, 0.15) is 43.0 Å². The molecule has 1 fully saturated rings. The van der Waals surface area contributed by atoms with Gasteiger partial charge in [0, 0.05) is 30.1 Å². The highest BCUT2D eigenvalue weighted by Gasteiger charge is 2.30. The lowest BCUT2D eigenvalue weighted by atomic mass is 9.94. The van der Waals surface area contributed by atoms with E-state index in [0.29, 0.717) is 6.42 Å². The van der Waals surface area contributed by atoms with Crippen LogP contribution in [-0.2, 0) is 4.74 Å². The highest BCUT2D eigenvalue weighted by molar-refractivity contribution is 9.10. The zero-order valence-electron chi connectivity index (χ0n) is 12.9. The maximum Gasteiger partial charge on any atom is 0.162 e. The Balaban J connectivity index is 1.76. The van der Waals surface area contributed by atoms with Gasteiger partial charge in [-0.05, 0) is 51.4 Å². The van der Waals surface area contributed by atoms with Crippen LogP contribution in [-0.4, -0.2) is 43.0 Å². The van der Waals surface area contributed by atoms with Gasteiger partial charge in [0.25, 0.3) is 0 Å². The van der Waals surface area contributed by atoms with E-state index in [0.717, 1.165) is 42.5 Å². The monoisotopic (exact) mass is 353 g/mol. The fraction of sp³-hybridized carbons (Fsp3) is 0.588. The van der Waals surface area contributed by atoms with Gasteiger partial charge in [-0.1, -0.05) is 28.1 Å². The number of hydrogen-bond acceptors (Lipinski definition) is 3. The number of carbonyl (C=O) groups excluding carboxylic acids is 1. The molecule has 1 saturated heterocycles. The van der Waals surface area contributed by atoms with Crippen molar-refractivity contribution in [2.75, 3.05) is 26.7 Å². The summed E-state index contributed by atoms with van der Waals surface area (Å²) in [6.45, 7) is 5.23. The van der Waals surface area contributed by atoms with Crippen molar-refractivity contribution in [3.63, 3.8) is 0 Å². The largest absolute Gasteiger partial charge is 0.377 e. The number of likely N-dealkylation sites (tertiary alicyclic amines) is 1. The van der Waals surface area contributed by atoms with Crippen LogP contribution in [0.4, 0.5) is 0 Å². The molecule has 1 unspecified atom stereocenters. The van der Waals surface area contributed by atoms with Gasteiger partial charge in [-0.3, -0.25) is 4.79 Å². The maximum atomic E-state index is 12.1. The lowest BCUT2D eigenvalue weighted by Crippen LogP contribution is -2.47. The van der Waals surface area contributed by atoms with Crippen molar-refractivity contribution in [1.29, 1.82) is 0 Å². The summed E-state index contributed by atoms with van der Waals surface area (Å²) in [5, 5.41) is 0. The molecule has 0 bridgehead atoms. The molecule has 1 aromatic carbocycles. The average molecular weight is 354 g/mol. The van der Waals surface area contributed by atoms with E-state index in [-0.39, 0.29) is 11.4 Å². The Bertz CT molecular complexity index is 474. The smallest absolute Gasteiger partial charge is 0.162 e. The second-order valence-corrected chi connectivity index (χ2v) is 6.98. The molecule has 3 nitrogen and oxygen atoms in total. The van der Waals surface area contributed by atoms with Gasteiger partial charge in [0.05, 0.1) is 5.60 Å². The summed E-state index contributed by atoms with van der Waals surface area (Å²) in [5.74, 6) is 0.231. The van der Waals surface area contributed by atoms with Crippen molar-refractivity contribution in [1.82, 2.24) is 4.90 Å². The molecule has 0 radical (unpaired) electrons. The minimum absolute atomic E-state index is 0.0199. The van der Waals surface area contributed by atoms with Gasteiger partial charge in [0.2, 0.25) is 0 Å². The number of methoxy groups -OCH3 is 1. The SMILES string of the molecule is COC1(C)CCCN(CCCC(=O)c2ccc(Br)cc2)C1. The molecule has 0 aromatic heterocycles. The Kier molecular flexibility index (Phi) is 5.97. The molecular formula is C17H24BrNO2. The highest BCUT2D eigenvalue weighted by Crippen LogP contribution is 2.24. The topological polar surface area (TPSA) is 29.5 Å². The average Bonchev–Trinajstić information content (AvgIpc) is 2.48. The molecule has 0 saturated carbocycles. The lowest BCUT2D eigenvalue weighted by Gasteiger charge is -2.39. The van der Waals surface area contributed by atoms with Crippen molar-refractivity contribution in [3.8, 4) is 0 Å². The Morgan fingerprint density at radius 3 is 2.76 bits per heavy atom. The molecule has 0 N–H and O–H groups in total. The summed E-state index contributed by atoms with van der Waals surface area (Å²) in [6.07, 6.45) is 3.82. The number of ether oxygens (including phenoxy) is 1. The molecule has 1 aliphatic rings. The third-order valence-electron chi connectivity index (χ3n) is 4.28. The molecule has 21 heavy (non-hydrogen) atoms. The van der Waals surface area contributed by atoms with E-state index in [2.05, 4.69) is 27.8 Å². The number of halogens is 1. The van der Waals surface area contributed by atoms with E-state index in [1.807, 2.05) is 24.3 Å². The number of ketones is 1. The maximum absolute atomic E-state index is 12.1. The molecule has 0 aliphatic carbocycles. The van der Waals surface area contributed by atoms with Crippen LogP contribution in [0.15, 0.2) is 28.7 Å². The number of piperidine rings is 1. The van der Waals surface area contributed by atoms with Gasteiger partial charge in [0.1, 0.15) is 0 Å². The van der Waals surface area contributed by atoms with Gasteiger partial charge in [0.15, 0.2) is 5.78 Å². The molecular weight excluding hydrogens is 330 g/mol. The Morgan fingerprint density at radius 2 is 2.10 bits per heavy atom. The first kappa shape index (κ1) is 16.7. The van der Waals surface area contributed by atoms with Crippen LogP contribution in [0.5, 0.6) is 0 Å². The summed E-state index contributed by atoms with van der Waals surface area (Å²) in [6, 6.07) is 7.61. The normalized spacial score (nSPS) is 23.2. The fourth-order valence-corrected chi connectivity index (χ4v) is 3.17. The van der Waals surface area contributed by atoms with Crippen LogP contribution >= 0.6 is 15.9 Å². The van der Waals surface area contributed by atoms with Crippen molar-refractivity contribution < 1.29 is 9.53 Å². The molecule has 1 aromatic rings. The van der Waals surface area contributed by atoms with Gasteiger partial charge in [-0.25, -0.2) is 0 Å². The Labute approximate surface area is 135 Å². The van der Waals surface area contributed by atoms with Crippen LogP contribution in [0.3, 0.4) is 0 Å².